The number of aromatic nitrogens is 3. The molecule has 0 unspecified atom stereocenters. The Bertz CT molecular complexity index is 895. The Labute approximate surface area is 147 Å². The lowest BCUT2D eigenvalue weighted by Gasteiger charge is -2.06. The maximum Gasteiger partial charge on any atom is 0.294 e. The van der Waals surface area contributed by atoms with Gasteiger partial charge in [-0.1, -0.05) is 6.07 Å². The third-order valence-electron chi connectivity index (χ3n) is 3.49. The molecule has 2 aromatic heterocycles. The lowest BCUT2D eigenvalue weighted by molar-refractivity contribution is 0.101. The number of anilines is 1. The molecule has 0 saturated carbocycles. The van der Waals surface area contributed by atoms with Crippen LogP contribution in [0.4, 0.5) is 14.6 Å². The lowest BCUT2D eigenvalue weighted by atomic mass is 10.1. The van der Waals surface area contributed by atoms with Crippen molar-refractivity contribution >= 4 is 11.7 Å². The van der Waals surface area contributed by atoms with Crippen LogP contribution in [0.2, 0.25) is 0 Å². The predicted molar refractivity (Wildman–Crippen MR) is 89.3 cm³/mol. The zero-order valence-corrected chi connectivity index (χ0v) is 13.5. The molecule has 1 aromatic carbocycles. The highest BCUT2D eigenvalue weighted by Gasteiger charge is 2.10. The third kappa shape index (κ3) is 4.42. The second-order valence-electron chi connectivity index (χ2n) is 5.53. The Morgan fingerprint density at radius 1 is 0.923 bits per heavy atom. The zero-order chi connectivity index (χ0) is 18.5. The number of pyridine rings is 1. The van der Waals surface area contributed by atoms with Crippen LogP contribution in [0.25, 0.3) is 0 Å². The molecular formula is C18H14F2N4O2. The molecule has 26 heavy (non-hydrogen) atoms. The number of aliphatic hydroxyl groups excluding tert-OH is 1. The summed E-state index contributed by atoms with van der Waals surface area (Å²) in [6.45, 7) is -0.208. The minimum Gasteiger partial charge on any atom is -0.392 e. The van der Waals surface area contributed by atoms with E-state index in [9.17, 15) is 13.6 Å². The van der Waals surface area contributed by atoms with Crippen LogP contribution in [0.5, 0.6) is 0 Å². The van der Waals surface area contributed by atoms with Gasteiger partial charge < -0.3 is 10.4 Å². The number of benzene rings is 1. The standard InChI is InChI=1S/C18H14F2N4O2/c19-14-4-12(5-15(20)6-14)3-11-1-2-16(21-7-11)24-18(26)17-22-8-13(10-25)9-23-17/h1-2,4-9,25H,3,10H2,(H,21,24,26). The number of aliphatic hydroxyl groups is 1. The van der Waals surface area contributed by atoms with Crippen molar-refractivity contribution in [1.29, 1.82) is 0 Å². The van der Waals surface area contributed by atoms with Crippen molar-refractivity contribution in [1.82, 2.24) is 15.0 Å². The van der Waals surface area contributed by atoms with Crippen LogP contribution in [0, 0.1) is 11.6 Å². The fraction of sp³-hybridized carbons (Fsp3) is 0.111. The van der Waals surface area contributed by atoms with Crippen molar-refractivity contribution in [3.8, 4) is 0 Å². The van der Waals surface area contributed by atoms with Gasteiger partial charge in [-0.15, -0.1) is 0 Å². The van der Waals surface area contributed by atoms with Gasteiger partial charge in [0.05, 0.1) is 6.61 Å². The van der Waals surface area contributed by atoms with E-state index in [1.165, 1.54) is 30.7 Å². The molecule has 6 nitrogen and oxygen atoms in total. The summed E-state index contributed by atoms with van der Waals surface area (Å²) in [4.78, 5) is 23.9. The summed E-state index contributed by atoms with van der Waals surface area (Å²) in [5.41, 5.74) is 1.72. The van der Waals surface area contributed by atoms with Crippen molar-refractivity contribution in [2.45, 2.75) is 13.0 Å². The first-order chi connectivity index (χ1) is 12.5. The van der Waals surface area contributed by atoms with Crippen molar-refractivity contribution in [3.63, 3.8) is 0 Å². The van der Waals surface area contributed by atoms with Gasteiger partial charge in [-0.25, -0.2) is 23.7 Å². The second-order valence-corrected chi connectivity index (χ2v) is 5.53. The summed E-state index contributed by atoms with van der Waals surface area (Å²) < 4.78 is 26.4. The average molecular weight is 356 g/mol. The summed E-state index contributed by atoms with van der Waals surface area (Å²) in [5, 5.41) is 11.5. The van der Waals surface area contributed by atoms with E-state index >= 15 is 0 Å². The number of rotatable bonds is 5. The third-order valence-corrected chi connectivity index (χ3v) is 3.49. The first-order valence-electron chi connectivity index (χ1n) is 7.66. The van der Waals surface area contributed by atoms with E-state index in [4.69, 9.17) is 5.11 Å². The van der Waals surface area contributed by atoms with Crippen molar-refractivity contribution in [3.05, 3.63) is 83.1 Å². The first-order valence-corrected chi connectivity index (χ1v) is 7.66. The monoisotopic (exact) mass is 356 g/mol. The maximum absolute atomic E-state index is 13.2. The number of halogens is 2. The van der Waals surface area contributed by atoms with E-state index in [-0.39, 0.29) is 12.4 Å². The predicted octanol–water partition coefficient (Wildman–Crippen LogP) is 2.49. The summed E-state index contributed by atoms with van der Waals surface area (Å²) in [7, 11) is 0. The van der Waals surface area contributed by atoms with Gasteiger partial charge in [-0.05, 0) is 35.7 Å². The Morgan fingerprint density at radius 2 is 1.58 bits per heavy atom. The number of carbonyl (C=O) groups excluding carboxylic acids is 1. The Kier molecular flexibility index (Phi) is 5.23. The number of nitrogens with one attached hydrogen (secondary N) is 1. The van der Waals surface area contributed by atoms with Crippen LogP contribution in [0.3, 0.4) is 0 Å². The second kappa shape index (κ2) is 7.75. The molecule has 0 saturated heterocycles. The lowest BCUT2D eigenvalue weighted by Crippen LogP contribution is -2.16. The van der Waals surface area contributed by atoms with Gasteiger partial charge in [0.1, 0.15) is 17.5 Å². The Hall–Kier alpha value is -3.26. The quantitative estimate of drug-likeness (QED) is 0.733. The normalized spacial score (nSPS) is 10.6. The highest BCUT2D eigenvalue weighted by molar-refractivity contribution is 6.00. The average Bonchev–Trinajstić information content (AvgIpc) is 2.62. The van der Waals surface area contributed by atoms with Crippen molar-refractivity contribution < 1.29 is 18.7 Å². The molecule has 0 aliphatic rings. The van der Waals surface area contributed by atoms with Crippen LogP contribution in [0.1, 0.15) is 27.3 Å². The molecule has 1 amide bonds. The van der Waals surface area contributed by atoms with Gasteiger partial charge in [0.15, 0.2) is 0 Å². The van der Waals surface area contributed by atoms with E-state index < -0.39 is 17.5 Å². The summed E-state index contributed by atoms with van der Waals surface area (Å²) in [6, 6.07) is 6.60. The first kappa shape index (κ1) is 17.6. The summed E-state index contributed by atoms with van der Waals surface area (Å²) in [5.74, 6) is -1.57. The molecule has 0 fully saturated rings. The molecule has 0 aliphatic heterocycles. The van der Waals surface area contributed by atoms with Crippen LogP contribution >= 0.6 is 0 Å². The minimum absolute atomic E-state index is 0.0525. The highest BCUT2D eigenvalue weighted by atomic mass is 19.1. The smallest absolute Gasteiger partial charge is 0.294 e. The topological polar surface area (TPSA) is 88.0 Å². The van der Waals surface area contributed by atoms with Crippen LogP contribution in [0.15, 0.2) is 48.9 Å². The van der Waals surface area contributed by atoms with Crippen molar-refractivity contribution in [2.24, 2.45) is 0 Å². The van der Waals surface area contributed by atoms with Crippen LogP contribution in [-0.2, 0) is 13.0 Å². The van der Waals surface area contributed by atoms with Gasteiger partial charge in [-0.3, -0.25) is 4.79 Å². The molecule has 3 rings (SSSR count). The highest BCUT2D eigenvalue weighted by Crippen LogP contribution is 2.14. The number of hydrogen-bond donors (Lipinski definition) is 2. The number of nitrogens with zero attached hydrogens (tertiary/aromatic N) is 3. The Balaban J connectivity index is 1.66. The van der Waals surface area contributed by atoms with Gasteiger partial charge in [0.25, 0.3) is 5.91 Å². The molecule has 0 bridgehead atoms. The molecule has 3 aromatic rings. The molecule has 8 heteroatoms. The zero-order valence-electron chi connectivity index (χ0n) is 13.5. The summed E-state index contributed by atoms with van der Waals surface area (Å²) >= 11 is 0. The van der Waals surface area contributed by atoms with E-state index in [0.717, 1.165) is 11.6 Å². The minimum atomic E-state index is -0.635. The van der Waals surface area contributed by atoms with Gasteiger partial charge >= 0.3 is 0 Å². The van der Waals surface area contributed by atoms with Crippen LogP contribution in [-0.4, -0.2) is 26.0 Å². The molecule has 0 radical (unpaired) electrons. The summed E-state index contributed by atoms with van der Waals surface area (Å²) in [6.07, 6.45) is 4.53. The van der Waals surface area contributed by atoms with Gasteiger partial charge in [-0.2, -0.15) is 0 Å². The molecule has 2 N–H and O–H groups in total. The molecule has 0 spiro atoms. The fourth-order valence-electron chi connectivity index (χ4n) is 2.28. The van der Waals surface area contributed by atoms with Crippen LogP contribution < -0.4 is 5.32 Å². The molecular weight excluding hydrogens is 342 g/mol. The van der Waals surface area contributed by atoms with Gasteiger partial charge in [0.2, 0.25) is 5.82 Å². The number of amides is 1. The fourth-order valence-corrected chi connectivity index (χ4v) is 2.28. The number of carbonyl (C=O) groups is 1. The SMILES string of the molecule is O=C(Nc1ccc(Cc2cc(F)cc(F)c2)cn1)c1ncc(CO)cn1. The van der Waals surface area contributed by atoms with Crippen molar-refractivity contribution in [2.75, 3.05) is 5.32 Å². The Morgan fingerprint density at radius 3 is 2.15 bits per heavy atom. The van der Waals surface area contributed by atoms with E-state index in [2.05, 4.69) is 20.3 Å². The number of hydrogen-bond acceptors (Lipinski definition) is 5. The van der Waals surface area contributed by atoms with E-state index in [0.29, 0.717) is 23.4 Å². The molecule has 132 valence electrons. The largest absolute Gasteiger partial charge is 0.392 e. The maximum atomic E-state index is 13.2. The molecule has 2 heterocycles. The van der Waals surface area contributed by atoms with E-state index in [1.807, 2.05) is 0 Å². The molecule has 0 atom stereocenters. The molecule has 0 aliphatic carbocycles. The van der Waals surface area contributed by atoms with E-state index in [1.54, 1.807) is 12.1 Å². The van der Waals surface area contributed by atoms with Gasteiger partial charge in [0, 0.05) is 30.2 Å².